The van der Waals surface area contributed by atoms with Gasteiger partial charge in [0, 0.05) is 18.8 Å². The normalized spacial score (nSPS) is 45.2. The van der Waals surface area contributed by atoms with Gasteiger partial charge in [-0.25, -0.2) is 0 Å². The van der Waals surface area contributed by atoms with E-state index in [-0.39, 0.29) is 12.3 Å². The van der Waals surface area contributed by atoms with Crippen LogP contribution in [0.15, 0.2) is 11.6 Å². The Balaban J connectivity index is 1.17. The van der Waals surface area contributed by atoms with E-state index in [4.69, 9.17) is 5.11 Å². The van der Waals surface area contributed by atoms with Crippen LogP contribution in [0.1, 0.15) is 89.9 Å². The highest BCUT2D eigenvalue weighted by Crippen LogP contribution is 2.62. The van der Waals surface area contributed by atoms with E-state index in [0.29, 0.717) is 35.9 Å². The number of carbonyl (C=O) groups is 2. The molecular formula is C26H38O4. The average molecular weight is 415 g/mol. The van der Waals surface area contributed by atoms with Crippen LogP contribution in [0, 0.1) is 40.9 Å². The molecule has 0 aromatic heterocycles. The van der Waals surface area contributed by atoms with Gasteiger partial charge >= 0.3 is 5.97 Å². The number of rotatable bonds is 8. The molecule has 4 nitrogen and oxygen atoms in total. The topological polar surface area (TPSA) is 74.6 Å². The standard InChI is InChI=1S/C26H38O4/c27-22(5-6-26-13-17-7-18(14-26)9-19(8-17)15-26)25-21-11-16(3-1-2-4-24(29)30)10-20(21)12-23(25)28/h3,17-21,23,25,28H,1-2,4-15H2,(H,29,30)/t17?,18?,19?,20-,21-,23-,25+,26?/m1/s1. The number of aliphatic carboxylic acids is 1. The highest BCUT2D eigenvalue weighted by Gasteiger charge is 2.52. The number of aliphatic hydroxyl groups excluding tert-OH is 1. The van der Waals surface area contributed by atoms with Crippen LogP contribution in [-0.4, -0.2) is 28.1 Å². The van der Waals surface area contributed by atoms with E-state index >= 15 is 0 Å². The molecule has 6 aliphatic rings. The molecule has 0 aliphatic heterocycles. The SMILES string of the molecule is O=C(O)CCCC=C1C[C@@H]2C[C@@H](O)[C@H](C(=O)CCC34CC5CC(CC(C5)C3)C4)[C@@H]2C1. The van der Waals surface area contributed by atoms with Crippen LogP contribution in [-0.2, 0) is 9.59 Å². The van der Waals surface area contributed by atoms with Gasteiger partial charge in [-0.15, -0.1) is 0 Å². The Kier molecular flexibility index (Phi) is 5.58. The summed E-state index contributed by atoms with van der Waals surface area (Å²) in [7, 11) is 0. The lowest BCUT2D eigenvalue weighted by atomic mass is 9.48. The Hall–Kier alpha value is -1.16. The second-order valence-electron chi connectivity index (χ2n) is 11.7. The smallest absolute Gasteiger partial charge is 0.303 e. The molecule has 0 aromatic carbocycles. The van der Waals surface area contributed by atoms with Crippen molar-refractivity contribution in [2.75, 3.05) is 0 Å². The van der Waals surface area contributed by atoms with Crippen molar-refractivity contribution >= 4 is 11.8 Å². The Bertz CT molecular complexity index is 687. The monoisotopic (exact) mass is 414 g/mol. The van der Waals surface area contributed by atoms with Gasteiger partial charge in [-0.2, -0.15) is 0 Å². The molecular weight excluding hydrogens is 376 g/mol. The van der Waals surface area contributed by atoms with E-state index < -0.39 is 12.1 Å². The molecule has 166 valence electrons. The molecule has 0 saturated heterocycles. The fourth-order valence-corrected chi connectivity index (χ4v) is 8.79. The van der Waals surface area contributed by atoms with Crippen LogP contribution in [0.3, 0.4) is 0 Å². The maximum atomic E-state index is 13.3. The van der Waals surface area contributed by atoms with Crippen LogP contribution in [0.2, 0.25) is 0 Å². The predicted octanol–water partition coefficient (Wildman–Crippen LogP) is 5.14. The van der Waals surface area contributed by atoms with E-state index in [0.717, 1.165) is 49.9 Å². The molecule has 6 saturated carbocycles. The van der Waals surface area contributed by atoms with Crippen molar-refractivity contribution in [1.29, 1.82) is 0 Å². The minimum absolute atomic E-state index is 0.158. The number of ketones is 1. The molecule has 30 heavy (non-hydrogen) atoms. The molecule has 4 bridgehead atoms. The summed E-state index contributed by atoms with van der Waals surface area (Å²) in [5, 5.41) is 19.5. The van der Waals surface area contributed by atoms with E-state index in [1.165, 1.54) is 44.1 Å². The molecule has 0 radical (unpaired) electrons. The fourth-order valence-electron chi connectivity index (χ4n) is 8.79. The van der Waals surface area contributed by atoms with Crippen molar-refractivity contribution in [2.24, 2.45) is 40.9 Å². The van der Waals surface area contributed by atoms with Crippen LogP contribution in [0.25, 0.3) is 0 Å². The summed E-state index contributed by atoms with van der Waals surface area (Å²) in [6, 6.07) is 0. The van der Waals surface area contributed by atoms with E-state index in [9.17, 15) is 14.7 Å². The van der Waals surface area contributed by atoms with Crippen molar-refractivity contribution in [3.8, 4) is 0 Å². The minimum Gasteiger partial charge on any atom is -0.481 e. The number of unbranched alkanes of at least 4 members (excludes halogenated alkanes) is 1. The molecule has 6 rings (SSSR count). The van der Waals surface area contributed by atoms with Crippen LogP contribution in [0.4, 0.5) is 0 Å². The first-order valence-corrected chi connectivity index (χ1v) is 12.5. The van der Waals surface area contributed by atoms with Crippen LogP contribution >= 0.6 is 0 Å². The molecule has 6 aliphatic carbocycles. The van der Waals surface area contributed by atoms with Crippen molar-refractivity contribution in [2.45, 2.75) is 96.0 Å². The van der Waals surface area contributed by atoms with Crippen molar-refractivity contribution in [1.82, 2.24) is 0 Å². The summed E-state index contributed by atoms with van der Waals surface area (Å²) in [5.41, 5.74) is 1.83. The van der Waals surface area contributed by atoms with E-state index in [1.54, 1.807) is 0 Å². The second-order valence-corrected chi connectivity index (χ2v) is 11.7. The number of hydrogen-bond donors (Lipinski definition) is 2. The van der Waals surface area contributed by atoms with Crippen molar-refractivity contribution in [3.63, 3.8) is 0 Å². The van der Waals surface area contributed by atoms with Gasteiger partial charge in [0.15, 0.2) is 0 Å². The van der Waals surface area contributed by atoms with Crippen LogP contribution in [0.5, 0.6) is 0 Å². The third-order valence-corrected chi connectivity index (χ3v) is 9.51. The Morgan fingerprint density at radius 2 is 1.63 bits per heavy atom. The summed E-state index contributed by atoms with van der Waals surface area (Å²) in [4.78, 5) is 24.0. The Labute approximate surface area is 180 Å². The predicted molar refractivity (Wildman–Crippen MR) is 115 cm³/mol. The molecule has 0 aromatic rings. The Morgan fingerprint density at radius 1 is 0.967 bits per heavy atom. The molecule has 6 fully saturated rings. The van der Waals surface area contributed by atoms with Gasteiger partial charge < -0.3 is 10.2 Å². The number of allylic oxidation sites excluding steroid dienone is 2. The zero-order chi connectivity index (χ0) is 20.9. The third-order valence-electron chi connectivity index (χ3n) is 9.51. The summed E-state index contributed by atoms with van der Waals surface area (Å²) in [6.45, 7) is 0. The fraction of sp³-hybridized carbons (Fsp3) is 0.846. The molecule has 0 heterocycles. The lowest BCUT2D eigenvalue weighted by Gasteiger charge is -2.57. The van der Waals surface area contributed by atoms with Gasteiger partial charge in [0.1, 0.15) is 5.78 Å². The van der Waals surface area contributed by atoms with E-state index in [1.807, 2.05) is 0 Å². The molecule has 0 spiro atoms. The second kappa shape index (κ2) is 8.07. The molecule has 0 amide bonds. The minimum atomic E-state index is -0.732. The number of carboxylic acid groups (broad SMARTS) is 1. The van der Waals surface area contributed by atoms with Gasteiger partial charge in [0.2, 0.25) is 0 Å². The first kappa shape index (κ1) is 20.7. The van der Waals surface area contributed by atoms with E-state index in [2.05, 4.69) is 6.08 Å². The number of fused-ring (bicyclic) bond motifs is 1. The van der Waals surface area contributed by atoms with Gasteiger partial charge in [-0.05, 0) is 112 Å². The summed E-state index contributed by atoms with van der Waals surface area (Å²) < 4.78 is 0. The first-order chi connectivity index (χ1) is 14.4. The van der Waals surface area contributed by atoms with Gasteiger partial charge in [0.25, 0.3) is 0 Å². The maximum absolute atomic E-state index is 13.3. The van der Waals surface area contributed by atoms with Gasteiger partial charge in [0.05, 0.1) is 6.10 Å². The zero-order valence-electron chi connectivity index (χ0n) is 18.2. The van der Waals surface area contributed by atoms with Crippen molar-refractivity contribution < 1.29 is 19.8 Å². The summed E-state index contributed by atoms with van der Waals surface area (Å²) >= 11 is 0. The van der Waals surface area contributed by atoms with Crippen LogP contribution < -0.4 is 0 Å². The lowest BCUT2D eigenvalue weighted by Crippen LogP contribution is -2.46. The number of hydrogen-bond acceptors (Lipinski definition) is 3. The first-order valence-electron chi connectivity index (χ1n) is 12.5. The third kappa shape index (κ3) is 4.01. The molecule has 2 N–H and O–H groups in total. The number of Topliss-reactive ketones (excluding diaryl/α,β-unsaturated/α-hetero) is 1. The maximum Gasteiger partial charge on any atom is 0.303 e. The number of carboxylic acids is 1. The van der Waals surface area contributed by atoms with Crippen molar-refractivity contribution in [3.05, 3.63) is 11.6 Å². The zero-order valence-corrected chi connectivity index (χ0v) is 18.2. The number of aliphatic hydroxyl groups is 1. The molecule has 4 atom stereocenters. The lowest BCUT2D eigenvalue weighted by molar-refractivity contribution is -0.137. The quantitative estimate of drug-likeness (QED) is 0.426. The average Bonchev–Trinajstić information content (AvgIpc) is 3.18. The van der Waals surface area contributed by atoms with Gasteiger partial charge in [-0.1, -0.05) is 11.6 Å². The molecule has 4 heteroatoms. The number of carbonyl (C=O) groups excluding carboxylic acids is 1. The summed E-state index contributed by atoms with van der Waals surface area (Å²) in [6.07, 6.45) is 16.3. The molecule has 0 unspecified atom stereocenters. The highest BCUT2D eigenvalue weighted by molar-refractivity contribution is 5.82. The highest BCUT2D eigenvalue weighted by atomic mass is 16.4. The largest absolute Gasteiger partial charge is 0.481 e. The van der Waals surface area contributed by atoms with Gasteiger partial charge in [-0.3, -0.25) is 9.59 Å². The Morgan fingerprint density at radius 3 is 2.27 bits per heavy atom. The summed E-state index contributed by atoms with van der Waals surface area (Å²) in [5.74, 6) is 2.98.